The molecule has 0 radical (unpaired) electrons. The largest absolute Gasteiger partial charge is 0.340 e. The zero-order valence-electron chi connectivity index (χ0n) is 15.5. The molecular formula is C19H29N5O2. The van der Waals surface area contributed by atoms with Crippen LogP contribution in [-0.2, 0) is 9.59 Å². The molecule has 0 saturated carbocycles. The molecule has 0 aliphatic carbocycles. The number of aryl methyl sites for hydroxylation is 1. The third-order valence-corrected chi connectivity index (χ3v) is 5.13. The lowest BCUT2D eigenvalue weighted by Crippen LogP contribution is -2.47. The molecule has 2 amide bonds. The van der Waals surface area contributed by atoms with Crippen molar-refractivity contribution in [2.75, 3.05) is 51.1 Å². The van der Waals surface area contributed by atoms with E-state index in [2.05, 4.69) is 20.5 Å². The van der Waals surface area contributed by atoms with Gasteiger partial charge in [-0.3, -0.25) is 9.59 Å². The summed E-state index contributed by atoms with van der Waals surface area (Å²) < 4.78 is 0. The lowest BCUT2D eigenvalue weighted by atomic mass is 9.97. The van der Waals surface area contributed by atoms with E-state index in [0.29, 0.717) is 18.8 Å². The van der Waals surface area contributed by atoms with E-state index in [9.17, 15) is 9.59 Å². The first-order valence-corrected chi connectivity index (χ1v) is 9.57. The summed E-state index contributed by atoms with van der Waals surface area (Å²) in [6, 6.07) is 5.62. The molecule has 2 aliphatic rings. The van der Waals surface area contributed by atoms with Crippen LogP contribution in [-0.4, -0.2) is 72.4 Å². The van der Waals surface area contributed by atoms with Gasteiger partial charge in [0.05, 0.1) is 5.92 Å². The van der Waals surface area contributed by atoms with Crippen molar-refractivity contribution in [3.63, 3.8) is 0 Å². The Kier molecular flexibility index (Phi) is 6.57. The predicted molar refractivity (Wildman–Crippen MR) is 101 cm³/mol. The Morgan fingerprint density at radius 1 is 1.27 bits per heavy atom. The molecular weight excluding hydrogens is 330 g/mol. The highest BCUT2D eigenvalue weighted by molar-refractivity contribution is 5.91. The quantitative estimate of drug-likeness (QED) is 0.815. The monoisotopic (exact) mass is 359 g/mol. The molecule has 1 aromatic rings. The van der Waals surface area contributed by atoms with Gasteiger partial charge < -0.3 is 20.4 Å². The van der Waals surface area contributed by atoms with Gasteiger partial charge in [-0.05, 0) is 38.4 Å². The fourth-order valence-electron chi connectivity index (χ4n) is 3.64. The minimum absolute atomic E-state index is 0.0289. The third kappa shape index (κ3) is 5.25. The van der Waals surface area contributed by atoms with Gasteiger partial charge in [0, 0.05) is 51.4 Å². The fourth-order valence-corrected chi connectivity index (χ4v) is 3.64. The molecule has 0 aromatic carbocycles. The lowest BCUT2D eigenvalue weighted by Gasteiger charge is -2.33. The number of likely N-dealkylation sites (tertiary alicyclic amines) is 1. The molecule has 26 heavy (non-hydrogen) atoms. The van der Waals surface area contributed by atoms with Crippen LogP contribution in [0.15, 0.2) is 18.2 Å². The minimum atomic E-state index is -0.0413. The van der Waals surface area contributed by atoms with Gasteiger partial charge in [-0.2, -0.15) is 0 Å². The Bertz CT molecular complexity index is 630. The maximum Gasteiger partial charge on any atom is 0.229 e. The number of aromatic nitrogens is 1. The topological polar surface area (TPSA) is 77.6 Å². The number of nitrogens with one attached hydrogen (secondary N) is 2. The average Bonchev–Trinajstić information content (AvgIpc) is 2.67. The molecule has 1 aromatic heterocycles. The zero-order chi connectivity index (χ0) is 18.4. The van der Waals surface area contributed by atoms with E-state index in [4.69, 9.17) is 0 Å². The summed E-state index contributed by atoms with van der Waals surface area (Å²) in [7, 11) is 0. The first-order chi connectivity index (χ1) is 12.6. The van der Waals surface area contributed by atoms with Gasteiger partial charge in [0.15, 0.2) is 0 Å². The maximum atomic E-state index is 12.5. The SMILES string of the molecule is Cc1cccc(NC(=O)C2CCCN(CCC(=O)N3CCNCC3)C2)n1. The fraction of sp³-hybridized carbons (Fsp3) is 0.632. The number of piperazine rings is 1. The van der Waals surface area contributed by atoms with Crippen molar-refractivity contribution in [2.24, 2.45) is 5.92 Å². The molecule has 7 nitrogen and oxygen atoms in total. The number of hydrogen-bond donors (Lipinski definition) is 2. The normalized spacial score (nSPS) is 21.4. The van der Waals surface area contributed by atoms with Crippen LogP contribution in [0, 0.1) is 12.8 Å². The van der Waals surface area contributed by atoms with Crippen LogP contribution in [0.4, 0.5) is 5.82 Å². The predicted octanol–water partition coefficient (Wildman–Crippen LogP) is 0.862. The van der Waals surface area contributed by atoms with Crippen molar-refractivity contribution in [2.45, 2.75) is 26.2 Å². The first-order valence-electron chi connectivity index (χ1n) is 9.57. The van der Waals surface area contributed by atoms with Crippen LogP contribution < -0.4 is 10.6 Å². The standard InChI is InChI=1S/C19H29N5O2/c1-15-4-2-6-17(21-15)22-19(26)16-5-3-10-23(14-16)11-7-18(25)24-12-8-20-9-13-24/h2,4,6,16,20H,3,5,7-14H2,1H3,(H,21,22,26). The highest BCUT2D eigenvalue weighted by Crippen LogP contribution is 2.19. The van der Waals surface area contributed by atoms with E-state index in [1.807, 2.05) is 30.0 Å². The van der Waals surface area contributed by atoms with E-state index in [1.165, 1.54) is 0 Å². The molecule has 0 spiro atoms. The zero-order valence-corrected chi connectivity index (χ0v) is 15.5. The Labute approximate surface area is 155 Å². The number of piperidine rings is 1. The van der Waals surface area contributed by atoms with E-state index in [0.717, 1.165) is 57.8 Å². The smallest absolute Gasteiger partial charge is 0.229 e. The highest BCUT2D eigenvalue weighted by atomic mass is 16.2. The van der Waals surface area contributed by atoms with Crippen molar-refractivity contribution >= 4 is 17.6 Å². The van der Waals surface area contributed by atoms with Crippen LogP contribution in [0.2, 0.25) is 0 Å². The Morgan fingerprint density at radius 3 is 2.85 bits per heavy atom. The van der Waals surface area contributed by atoms with Gasteiger partial charge in [0.25, 0.3) is 0 Å². The van der Waals surface area contributed by atoms with Gasteiger partial charge >= 0.3 is 0 Å². The number of nitrogens with zero attached hydrogens (tertiary/aromatic N) is 3. The molecule has 2 saturated heterocycles. The van der Waals surface area contributed by atoms with E-state index < -0.39 is 0 Å². The molecule has 0 bridgehead atoms. The number of anilines is 1. The van der Waals surface area contributed by atoms with Crippen LogP contribution in [0.3, 0.4) is 0 Å². The Morgan fingerprint density at radius 2 is 2.08 bits per heavy atom. The van der Waals surface area contributed by atoms with E-state index >= 15 is 0 Å². The molecule has 3 rings (SSSR count). The number of carbonyl (C=O) groups is 2. The second-order valence-corrected chi connectivity index (χ2v) is 7.17. The molecule has 142 valence electrons. The second kappa shape index (κ2) is 9.09. The van der Waals surface area contributed by atoms with Crippen LogP contribution in [0.25, 0.3) is 0 Å². The second-order valence-electron chi connectivity index (χ2n) is 7.17. The van der Waals surface area contributed by atoms with Gasteiger partial charge in [0.1, 0.15) is 5.82 Å². The summed E-state index contributed by atoms with van der Waals surface area (Å²) in [4.78, 5) is 33.4. The summed E-state index contributed by atoms with van der Waals surface area (Å²) in [5.74, 6) is 0.824. The van der Waals surface area contributed by atoms with Crippen molar-refractivity contribution in [3.05, 3.63) is 23.9 Å². The maximum absolute atomic E-state index is 12.5. The molecule has 1 atom stereocenters. The summed E-state index contributed by atoms with van der Waals surface area (Å²) in [5.41, 5.74) is 0.888. The van der Waals surface area contributed by atoms with E-state index in [1.54, 1.807) is 0 Å². The van der Waals surface area contributed by atoms with Crippen LogP contribution in [0.1, 0.15) is 25.0 Å². The summed E-state index contributed by atoms with van der Waals surface area (Å²) >= 11 is 0. The molecule has 2 aliphatic heterocycles. The first kappa shape index (κ1) is 18.8. The highest BCUT2D eigenvalue weighted by Gasteiger charge is 2.27. The molecule has 3 heterocycles. The minimum Gasteiger partial charge on any atom is -0.340 e. The summed E-state index contributed by atoms with van der Waals surface area (Å²) in [6.07, 6.45) is 2.41. The van der Waals surface area contributed by atoms with E-state index in [-0.39, 0.29) is 17.7 Å². The molecule has 1 unspecified atom stereocenters. The number of pyridine rings is 1. The summed E-state index contributed by atoms with van der Waals surface area (Å²) in [6.45, 7) is 7.67. The molecule has 7 heteroatoms. The van der Waals surface area contributed by atoms with Crippen molar-refractivity contribution in [1.29, 1.82) is 0 Å². The van der Waals surface area contributed by atoms with Crippen LogP contribution >= 0.6 is 0 Å². The van der Waals surface area contributed by atoms with Crippen molar-refractivity contribution in [1.82, 2.24) is 20.1 Å². The lowest BCUT2D eigenvalue weighted by molar-refractivity contribution is -0.132. The van der Waals surface area contributed by atoms with Crippen molar-refractivity contribution < 1.29 is 9.59 Å². The van der Waals surface area contributed by atoms with Gasteiger partial charge in [-0.25, -0.2) is 4.98 Å². The Balaban J connectivity index is 1.46. The number of amides is 2. The van der Waals surface area contributed by atoms with Crippen molar-refractivity contribution in [3.8, 4) is 0 Å². The summed E-state index contributed by atoms with van der Waals surface area (Å²) in [5, 5.41) is 6.19. The molecule has 2 fully saturated rings. The van der Waals surface area contributed by atoms with Gasteiger partial charge in [0.2, 0.25) is 11.8 Å². The number of carbonyl (C=O) groups excluding carboxylic acids is 2. The Hall–Kier alpha value is -1.99. The van der Waals surface area contributed by atoms with Gasteiger partial charge in [-0.15, -0.1) is 0 Å². The third-order valence-electron chi connectivity index (χ3n) is 5.13. The average molecular weight is 359 g/mol. The van der Waals surface area contributed by atoms with Gasteiger partial charge in [-0.1, -0.05) is 6.07 Å². The number of hydrogen-bond acceptors (Lipinski definition) is 5. The van der Waals surface area contributed by atoms with Crippen LogP contribution in [0.5, 0.6) is 0 Å². The molecule has 2 N–H and O–H groups in total. The number of rotatable bonds is 5.